The second-order valence-corrected chi connectivity index (χ2v) is 6.36. The molecule has 0 saturated heterocycles. The van der Waals surface area contributed by atoms with Crippen molar-refractivity contribution in [3.8, 4) is 11.5 Å². The number of alkyl halides is 2. The van der Waals surface area contributed by atoms with Crippen LogP contribution in [0, 0.1) is 0 Å². The van der Waals surface area contributed by atoms with Gasteiger partial charge in [0, 0.05) is 18.6 Å². The Kier molecular flexibility index (Phi) is 7.76. The van der Waals surface area contributed by atoms with Crippen molar-refractivity contribution in [1.82, 2.24) is 5.32 Å². The summed E-state index contributed by atoms with van der Waals surface area (Å²) in [5.74, 6) is -2.19. The van der Waals surface area contributed by atoms with Gasteiger partial charge in [0.2, 0.25) is 0 Å². The van der Waals surface area contributed by atoms with Crippen molar-refractivity contribution >= 4 is 11.9 Å². The lowest BCUT2D eigenvalue weighted by molar-refractivity contribution is -0.140. The minimum atomic E-state index is -3.04. The van der Waals surface area contributed by atoms with E-state index in [1.54, 1.807) is 0 Å². The second kappa shape index (κ2) is 9.33. The van der Waals surface area contributed by atoms with Gasteiger partial charge < -0.3 is 24.6 Å². The van der Waals surface area contributed by atoms with E-state index in [0.717, 1.165) is 6.07 Å². The van der Waals surface area contributed by atoms with E-state index in [2.05, 4.69) is 10.1 Å². The second-order valence-electron chi connectivity index (χ2n) is 6.36. The maximum atomic E-state index is 12.3. The Hall–Kier alpha value is -2.42. The number of methoxy groups -OCH3 is 1. The number of carboxylic acid groups (broad SMARTS) is 1. The molecule has 26 heavy (non-hydrogen) atoms. The zero-order valence-corrected chi connectivity index (χ0v) is 15.0. The van der Waals surface area contributed by atoms with Crippen LogP contribution >= 0.6 is 0 Å². The fourth-order valence-electron chi connectivity index (χ4n) is 1.98. The third kappa shape index (κ3) is 7.22. The SMILES string of the molecule is COc1cc(C(=O)NC(CCOC(C)(C)C)C(=O)O)ccc1OC(F)F. The summed E-state index contributed by atoms with van der Waals surface area (Å²) in [6.07, 6.45) is 0.0715. The molecular weight excluding hydrogens is 352 g/mol. The van der Waals surface area contributed by atoms with E-state index >= 15 is 0 Å². The number of hydrogen-bond donors (Lipinski definition) is 2. The lowest BCUT2D eigenvalue weighted by Crippen LogP contribution is -2.42. The van der Waals surface area contributed by atoms with Gasteiger partial charge in [-0.2, -0.15) is 8.78 Å². The molecule has 0 aliphatic heterocycles. The molecule has 1 rings (SSSR count). The summed E-state index contributed by atoms with van der Waals surface area (Å²) >= 11 is 0. The minimum absolute atomic E-state index is 0.0476. The van der Waals surface area contributed by atoms with Crippen molar-refractivity contribution < 1.29 is 37.7 Å². The van der Waals surface area contributed by atoms with Gasteiger partial charge in [-0.3, -0.25) is 4.79 Å². The van der Waals surface area contributed by atoms with Crippen molar-refractivity contribution in [2.75, 3.05) is 13.7 Å². The highest BCUT2D eigenvalue weighted by Gasteiger charge is 2.23. The first-order valence-electron chi connectivity index (χ1n) is 7.84. The summed E-state index contributed by atoms with van der Waals surface area (Å²) in [6, 6.07) is 2.42. The molecule has 0 aliphatic carbocycles. The monoisotopic (exact) mass is 375 g/mol. The summed E-state index contributed by atoms with van der Waals surface area (Å²) < 4.78 is 39.3. The Morgan fingerprint density at radius 2 is 1.88 bits per heavy atom. The number of rotatable bonds is 9. The quantitative estimate of drug-likeness (QED) is 0.689. The summed E-state index contributed by atoms with van der Waals surface area (Å²) in [5, 5.41) is 11.6. The Bertz CT molecular complexity index is 630. The predicted molar refractivity (Wildman–Crippen MR) is 88.8 cm³/mol. The van der Waals surface area contributed by atoms with Gasteiger partial charge in [-0.15, -0.1) is 0 Å². The molecule has 1 amide bonds. The van der Waals surface area contributed by atoms with Crippen molar-refractivity contribution in [2.24, 2.45) is 0 Å². The van der Waals surface area contributed by atoms with Crippen LogP contribution in [0.25, 0.3) is 0 Å². The molecule has 0 spiro atoms. The van der Waals surface area contributed by atoms with E-state index in [4.69, 9.17) is 9.47 Å². The largest absolute Gasteiger partial charge is 0.493 e. The molecule has 0 bridgehead atoms. The van der Waals surface area contributed by atoms with Crippen molar-refractivity contribution in [2.45, 2.75) is 45.4 Å². The Morgan fingerprint density at radius 3 is 2.38 bits per heavy atom. The smallest absolute Gasteiger partial charge is 0.387 e. The zero-order chi connectivity index (χ0) is 19.9. The van der Waals surface area contributed by atoms with E-state index in [9.17, 15) is 23.5 Å². The number of halogens is 2. The molecule has 0 saturated carbocycles. The summed E-state index contributed by atoms with van der Waals surface area (Å²) in [5.41, 5.74) is -0.382. The van der Waals surface area contributed by atoms with E-state index < -0.39 is 30.1 Å². The molecule has 2 N–H and O–H groups in total. The molecular formula is C17H23F2NO6. The zero-order valence-electron chi connectivity index (χ0n) is 15.0. The number of benzene rings is 1. The van der Waals surface area contributed by atoms with E-state index in [-0.39, 0.29) is 30.1 Å². The maximum absolute atomic E-state index is 12.3. The van der Waals surface area contributed by atoms with Gasteiger partial charge in [-0.05, 0) is 39.0 Å². The number of carbonyl (C=O) groups excluding carboxylic acids is 1. The van der Waals surface area contributed by atoms with Gasteiger partial charge >= 0.3 is 12.6 Å². The first kappa shape index (κ1) is 21.6. The minimum Gasteiger partial charge on any atom is -0.493 e. The Morgan fingerprint density at radius 1 is 1.23 bits per heavy atom. The molecule has 0 aliphatic rings. The summed E-state index contributed by atoms with van der Waals surface area (Å²) in [4.78, 5) is 23.6. The molecule has 0 aromatic heterocycles. The van der Waals surface area contributed by atoms with Crippen LogP contribution in [-0.2, 0) is 9.53 Å². The fourth-order valence-corrected chi connectivity index (χ4v) is 1.98. The van der Waals surface area contributed by atoms with Gasteiger partial charge in [-0.25, -0.2) is 4.79 Å². The standard InChI is InChI=1S/C17H23F2NO6/c1-17(2,3)25-8-7-11(15(22)23)20-14(21)10-5-6-12(26-16(18)19)13(9-10)24-4/h5-6,9,11,16H,7-8H2,1-4H3,(H,20,21)(H,22,23). The molecule has 1 unspecified atom stereocenters. The van der Waals surface area contributed by atoms with Crippen LogP contribution in [0.1, 0.15) is 37.6 Å². The molecule has 9 heteroatoms. The van der Waals surface area contributed by atoms with Crippen molar-refractivity contribution in [3.05, 3.63) is 23.8 Å². The van der Waals surface area contributed by atoms with Crippen LogP contribution in [0.15, 0.2) is 18.2 Å². The van der Waals surface area contributed by atoms with Gasteiger partial charge in [-0.1, -0.05) is 0 Å². The van der Waals surface area contributed by atoms with Crippen LogP contribution in [0.4, 0.5) is 8.78 Å². The number of carbonyl (C=O) groups is 2. The van der Waals surface area contributed by atoms with E-state index in [1.807, 2.05) is 20.8 Å². The molecule has 0 radical (unpaired) electrons. The lowest BCUT2D eigenvalue weighted by Gasteiger charge is -2.21. The number of nitrogens with one attached hydrogen (secondary N) is 1. The van der Waals surface area contributed by atoms with Gasteiger partial charge in [0.15, 0.2) is 11.5 Å². The van der Waals surface area contributed by atoms with Crippen LogP contribution in [0.2, 0.25) is 0 Å². The average molecular weight is 375 g/mol. The molecule has 7 nitrogen and oxygen atoms in total. The Balaban J connectivity index is 2.81. The van der Waals surface area contributed by atoms with Crippen LogP contribution in [0.5, 0.6) is 11.5 Å². The number of hydrogen-bond acceptors (Lipinski definition) is 5. The third-order valence-corrected chi connectivity index (χ3v) is 3.19. The molecule has 0 fully saturated rings. The first-order valence-corrected chi connectivity index (χ1v) is 7.84. The predicted octanol–water partition coefficient (Wildman–Crippen LogP) is 2.68. The molecule has 0 heterocycles. The molecule has 1 aromatic carbocycles. The first-order chi connectivity index (χ1) is 12.0. The van der Waals surface area contributed by atoms with Crippen LogP contribution < -0.4 is 14.8 Å². The van der Waals surface area contributed by atoms with Gasteiger partial charge in [0.05, 0.1) is 12.7 Å². The third-order valence-electron chi connectivity index (χ3n) is 3.19. The van der Waals surface area contributed by atoms with E-state index in [1.165, 1.54) is 19.2 Å². The highest BCUT2D eigenvalue weighted by atomic mass is 19.3. The van der Waals surface area contributed by atoms with Gasteiger partial charge in [0.1, 0.15) is 6.04 Å². The molecule has 1 aromatic rings. The number of amides is 1. The molecule has 1 atom stereocenters. The van der Waals surface area contributed by atoms with Crippen molar-refractivity contribution in [1.29, 1.82) is 0 Å². The Labute approximate surface area is 150 Å². The number of carboxylic acids is 1. The normalized spacial score (nSPS) is 12.6. The summed E-state index contributed by atoms with van der Waals surface area (Å²) in [6.45, 7) is 2.60. The van der Waals surface area contributed by atoms with Crippen LogP contribution in [-0.4, -0.2) is 49.0 Å². The summed E-state index contributed by atoms with van der Waals surface area (Å²) in [7, 11) is 1.24. The van der Waals surface area contributed by atoms with E-state index in [0.29, 0.717) is 0 Å². The van der Waals surface area contributed by atoms with Crippen LogP contribution in [0.3, 0.4) is 0 Å². The molecule has 146 valence electrons. The number of aliphatic carboxylic acids is 1. The fraction of sp³-hybridized carbons (Fsp3) is 0.529. The number of ether oxygens (including phenoxy) is 3. The highest BCUT2D eigenvalue weighted by molar-refractivity contribution is 5.97. The van der Waals surface area contributed by atoms with Gasteiger partial charge in [0.25, 0.3) is 5.91 Å². The lowest BCUT2D eigenvalue weighted by atomic mass is 10.1. The maximum Gasteiger partial charge on any atom is 0.387 e. The highest BCUT2D eigenvalue weighted by Crippen LogP contribution is 2.29. The average Bonchev–Trinajstić information content (AvgIpc) is 2.52. The van der Waals surface area contributed by atoms with Crippen molar-refractivity contribution in [3.63, 3.8) is 0 Å². The topological polar surface area (TPSA) is 94.1 Å².